The Labute approximate surface area is 126 Å². The molecule has 5 heteroatoms. The van der Waals surface area contributed by atoms with Gasteiger partial charge in [-0.25, -0.2) is 4.79 Å². The first-order valence-corrected chi connectivity index (χ1v) is 6.65. The molecule has 3 aromatic rings. The molecular formula is C16H11ClN2O2. The minimum Gasteiger partial charge on any atom is -0.478 e. The molecule has 3 rings (SSSR count). The molecule has 4 nitrogen and oxygen atoms in total. The van der Waals surface area contributed by atoms with Gasteiger partial charge < -0.3 is 10.4 Å². The van der Waals surface area contributed by atoms with Crippen LogP contribution in [-0.2, 0) is 0 Å². The number of fused-ring (bicyclic) bond motifs is 1. The molecular weight excluding hydrogens is 288 g/mol. The van der Waals surface area contributed by atoms with Gasteiger partial charge in [0, 0.05) is 33.9 Å². The Morgan fingerprint density at radius 3 is 2.81 bits per heavy atom. The molecule has 0 atom stereocenters. The third kappa shape index (κ3) is 2.66. The normalized spacial score (nSPS) is 10.5. The van der Waals surface area contributed by atoms with E-state index in [2.05, 4.69) is 10.3 Å². The van der Waals surface area contributed by atoms with E-state index in [0.29, 0.717) is 10.7 Å². The predicted octanol–water partition coefficient (Wildman–Crippen LogP) is 4.33. The Hall–Kier alpha value is -2.59. The number of carboxylic acids is 1. The van der Waals surface area contributed by atoms with E-state index >= 15 is 0 Å². The number of nitrogens with one attached hydrogen (secondary N) is 1. The lowest BCUT2D eigenvalue weighted by molar-refractivity contribution is 0.0698. The summed E-state index contributed by atoms with van der Waals surface area (Å²) < 4.78 is 0. The Morgan fingerprint density at radius 1 is 1.14 bits per heavy atom. The maximum absolute atomic E-state index is 11.3. The van der Waals surface area contributed by atoms with Crippen LogP contribution in [-0.4, -0.2) is 16.1 Å². The standard InChI is InChI=1S/C16H11ClN2O2/c17-11-4-5-13(16(20)21)15(8-11)19-14-3-1-2-10-9-18-7-6-12(10)14/h1-9,19H,(H,20,21). The molecule has 0 radical (unpaired) electrons. The van der Waals surface area contributed by atoms with Crippen LogP contribution in [0, 0.1) is 0 Å². The van der Waals surface area contributed by atoms with Crippen molar-refractivity contribution < 1.29 is 9.90 Å². The largest absolute Gasteiger partial charge is 0.478 e. The zero-order valence-electron chi connectivity index (χ0n) is 10.9. The van der Waals surface area contributed by atoms with E-state index in [4.69, 9.17) is 11.6 Å². The molecule has 0 aliphatic heterocycles. The highest BCUT2D eigenvalue weighted by Gasteiger charge is 2.11. The predicted molar refractivity (Wildman–Crippen MR) is 83.4 cm³/mol. The molecule has 0 saturated heterocycles. The lowest BCUT2D eigenvalue weighted by atomic mass is 10.1. The Balaban J connectivity index is 2.11. The van der Waals surface area contributed by atoms with Crippen LogP contribution in [0.1, 0.15) is 10.4 Å². The quantitative estimate of drug-likeness (QED) is 0.755. The number of carboxylic acid groups (broad SMARTS) is 1. The Bertz CT molecular complexity index is 828. The van der Waals surface area contributed by atoms with Crippen molar-refractivity contribution in [2.75, 3.05) is 5.32 Å². The van der Waals surface area contributed by atoms with Crippen LogP contribution in [0.15, 0.2) is 54.9 Å². The lowest BCUT2D eigenvalue weighted by Crippen LogP contribution is -2.02. The summed E-state index contributed by atoms with van der Waals surface area (Å²) in [7, 11) is 0. The zero-order chi connectivity index (χ0) is 14.8. The Kier molecular flexibility index (Phi) is 3.46. The van der Waals surface area contributed by atoms with E-state index in [1.165, 1.54) is 6.07 Å². The molecule has 2 N–H and O–H groups in total. The monoisotopic (exact) mass is 298 g/mol. The summed E-state index contributed by atoms with van der Waals surface area (Å²) >= 11 is 5.96. The summed E-state index contributed by atoms with van der Waals surface area (Å²) in [4.78, 5) is 15.4. The summed E-state index contributed by atoms with van der Waals surface area (Å²) in [5, 5.41) is 14.8. The summed E-state index contributed by atoms with van der Waals surface area (Å²) in [6, 6.07) is 12.2. The van der Waals surface area contributed by atoms with Crippen LogP contribution in [0.2, 0.25) is 5.02 Å². The second-order valence-electron chi connectivity index (χ2n) is 4.52. The zero-order valence-corrected chi connectivity index (χ0v) is 11.6. The first kappa shape index (κ1) is 13.4. The van der Waals surface area contributed by atoms with E-state index in [1.54, 1.807) is 24.5 Å². The second-order valence-corrected chi connectivity index (χ2v) is 4.96. The molecule has 0 spiro atoms. The fourth-order valence-electron chi connectivity index (χ4n) is 2.18. The molecule has 0 bridgehead atoms. The number of hydrogen-bond donors (Lipinski definition) is 2. The van der Waals surface area contributed by atoms with Crippen molar-refractivity contribution in [1.29, 1.82) is 0 Å². The average molecular weight is 299 g/mol. The minimum absolute atomic E-state index is 0.172. The number of aromatic nitrogens is 1. The summed E-state index contributed by atoms with van der Waals surface area (Å²) in [6.07, 6.45) is 3.46. The van der Waals surface area contributed by atoms with Crippen LogP contribution in [0.4, 0.5) is 11.4 Å². The van der Waals surface area contributed by atoms with Gasteiger partial charge in [-0.3, -0.25) is 4.98 Å². The fraction of sp³-hybridized carbons (Fsp3) is 0. The van der Waals surface area contributed by atoms with Crippen LogP contribution in [0.3, 0.4) is 0 Å². The van der Waals surface area contributed by atoms with Crippen molar-refractivity contribution in [2.45, 2.75) is 0 Å². The van der Waals surface area contributed by atoms with Crippen molar-refractivity contribution in [3.8, 4) is 0 Å². The van der Waals surface area contributed by atoms with Crippen molar-refractivity contribution >= 4 is 39.7 Å². The van der Waals surface area contributed by atoms with Gasteiger partial charge in [-0.1, -0.05) is 23.7 Å². The molecule has 1 aromatic heterocycles. The lowest BCUT2D eigenvalue weighted by Gasteiger charge is -2.12. The van der Waals surface area contributed by atoms with Crippen molar-refractivity contribution in [3.63, 3.8) is 0 Å². The second kappa shape index (κ2) is 5.42. The van der Waals surface area contributed by atoms with Gasteiger partial charge in [-0.2, -0.15) is 0 Å². The average Bonchev–Trinajstić information content (AvgIpc) is 2.47. The Morgan fingerprint density at radius 2 is 2.00 bits per heavy atom. The van der Waals surface area contributed by atoms with Gasteiger partial charge in [0.2, 0.25) is 0 Å². The number of aromatic carboxylic acids is 1. The maximum atomic E-state index is 11.3. The molecule has 2 aromatic carbocycles. The summed E-state index contributed by atoms with van der Waals surface area (Å²) in [5.41, 5.74) is 1.43. The van der Waals surface area contributed by atoms with Crippen LogP contribution in [0.25, 0.3) is 10.8 Å². The number of hydrogen-bond acceptors (Lipinski definition) is 3. The van der Waals surface area contributed by atoms with E-state index < -0.39 is 5.97 Å². The van der Waals surface area contributed by atoms with Gasteiger partial charge >= 0.3 is 5.97 Å². The number of halogens is 1. The smallest absolute Gasteiger partial charge is 0.337 e. The fourth-order valence-corrected chi connectivity index (χ4v) is 2.36. The van der Waals surface area contributed by atoms with E-state index in [-0.39, 0.29) is 5.56 Å². The van der Waals surface area contributed by atoms with Crippen molar-refractivity contribution in [1.82, 2.24) is 4.98 Å². The van der Waals surface area contributed by atoms with E-state index in [1.807, 2.05) is 24.3 Å². The van der Waals surface area contributed by atoms with Crippen LogP contribution < -0.4 is 5.32 Å². The molecule has 21 heavy (non-hydrogen) atoms. The van der Waals surface area contributed by atoms with Gasteiger partial charge in [0.05, 0.1) is 11.3 Å². The number of rotatable bonds is 3. The van der Waals surface area contributed by atoms with Crippen molar-refractivity contribution in [3.05, 3.63) is 65.4 Å². The van der Waals surface area contributed by atoms with Crippen molar-refractivity contribution in [2.24, 2.45) is 0 Å². The molecule has 0 aliphatic rings. The van der Waals surface area contributed by atoms with Gasteiger partial charge in [0.1, 0.15) is 0 Å². The molecule has 1 heterocycles. The third-order valence-electron chi connectivity index (χ3n) is 3.16. The summed E-state index contributed by atoms with van der Waals surface area (Å²) in [5.74, 6) is -1.00. The van der Waals surface area contributed by atoms with Gasteiger partial charge in [0.25, 0.3) is 0 Å². The molecule has 0 unspecified atom stereocenters. The number of pyridine rings is 1. The van der Waals surface area contributed by atoms with Gasteiger partial charge in [0.15, 0.2) is 0 Å². The third-order valence-corrected chi connectivity index (χ3v) is 3.40. The maximum Gasteiger partial charge on any atom is 0.337 e. The minimum atomic E-state index is -1.00. The summed E-state index contributed by atoms with van der Waals surface area (Å²) in [6.45, 7) is 0. The van der Waals surface area contributed by atoms with Gasteiger partial charge in [-0.05, 0) is 30.3 Å². The first-order chi connectivity index (χ1) is 10.1. The van der Waals surface area contributed by atoms with E-state index in [9.17, 15) is 9.90 Å². The van der Waals surface area contributed by atoms with E-state index in [0.717, 1.165) is 16.5 Å². The topological polar surface area (TPSA) is 62.2 Å². The highest BCUT2D eigenvalue weighted by atomic mass is 35.5. The number of carbonyl (C=O) groups is 1. The number of benzene rings is 2. The SMILES string of the molecule is O=C(O)c1ccc(Cl)cc1Nc1cccc2cnccc12. The van der Waals surface area contributed by atoms with Crippen LogP contribution >= 0.6 is 11.6 Å². The number of nitrogens with zero attached hydrogens (tertiary/aromatic N) is 1. The van der Waals surface area contributed by atoms with Crippen LogP contribution in [0.5, 0.6) is 0 Å². The number of anilines is 2. The van der Waals surface area contributed by atoms with Gasteiger partial charge in [-0.15, -0.1) is 0 Å². The highest BCUT2D eigenvalue weighted by molar-refractivity contribution is 6.31. The molecule has 0 fully saturated rings. The first-order valence-electron chi connectivity index (χ1n) is 6.28. The molecule has 104 valence electrons. The molecule has 0 aliphatic carbocycles. The molecule has 0 amide bonds. The highest BCUT2D eigenvalue weighted by Crippen LogP contribution is 2.29. The molecule has 0 saturated carbocycles.